The summed E-state index contributed by atoms with van der Waals surface area (Å²) >= 11 is 0. The molecule has 1 aromatic carbocycles. The first-order chi connectivity index (χ1) is 10.8. The first-order valence-corrected chi connectivity index (χ1v) is 9.70. The van der Waals surface area contributed by atoms with Crippen LogP contribution in [0.15, 0.2) is 23.1 Å². The molecule has 2 rings (SSSR count). The smallest absolute Gasteiger partial charge is 0.241 e. The Kier molecular flexibility index (Phi) is 5.81. The summed E-state index contributed by atoms with van der Waals surface area (Å²) in [7, 11) is -3.67. The maximum absolute atomic E-state index is 12.5. The highest BCUT2D eigenvalue weighted by atomic mass is 32.2. The summed E-state index contributed by atoms with van der Waals surface area (Å²) in [6, 6.07) is 5.53. The number of nitrogens with one attached hydrogen (secondary N) is 1. The van der Waals surface area contributed by atoms with Gasteiger partial charge in [0.25, 0.3) is 0 Å². The van der Waals surface area contributed by atoms with Crippen molar-refractivity contribution in [1.29, 1.82) is 0 Å². The molecule has 0 aromatic heterocycles. The number of hydrogen-bond donors (Lipinski definition) is 1. The van der Waals surface area contributed by atoms with Crippen LogP contribution >= 0.6 is 0 Å². The third kappa shape index (κ3) is 4.32. The third-order valence-corrected chi connectivity index (χ3v) is 6.01. The van der Waals surface area contributed by atoms with E-state index in [1.165, 1.54) is 0 Å². The first-order valence-electron chi connectivity index (χ1n) is 8.21. The summed E-state index contributed by atoms with van der Waals surface area (Å²) in [4.78, 5) is 14.5. The number of nitrogens with zero attached hydrogens (tertiary/aromatic N) is 1. The molecule has 23 heavy (non-hydrogen) atoms. The summed E-state index contributed by atoms with van der Waals surface area (Å²) in [6.07, 6.45) is 4.05. The van der Waals surface area contributed by atoms with Crippen molar-refractivity contribution >= 4 is 15.9 Å². The predicted molar refractivity (Wildman–Crippen MR) is 90.7 cm³/mol. The molecule has 1 atom stereocenters. The van der Waals surface area contributed by atoms with Gasteiger partial charge >= 0.3 is 0 Å². The summed E-state index contributed by atoms with van der Waals surface area (Å²) in [6.45, 7) is 6.22. The van der Waals surface area contributed by atoms with E-state index in [0.29, 0.717) is 5.56 Å². The van der Waals surface area contributed by atoms with E-state index in [2.05, 4.69) is 11.6 Å². The fourth-order valence-corrected chi connectivity index (χ4v) is 4.39. The number of carbonyl (C=O) groups excluding carboxylic acids is 1. The summed E-state index contributed by atoms with van der Waals surface area (Å²) in [5.74, 6) is -0.134. The van der Waals surface area contributed by atoms with Gasteiger partial charge in [0, 0.05) is 12.6 Å². The van der Waals surface area contributed by atoms with Gasteiger partial charge in [0.1, 0.15) is 0 Å². The molecule has 5 nitrogen and oxygen atoms in total. The standard InChI is InChI=1S/C17H26N2O3S/c1-4-15-7-5-6-10-19(15)17(20)12-18-23(21,22)16-11-13(2)8-9-14(16)3/h8-9,11,15,18H,4-7,10,12H2,1-3H3. The van der Waals surface area contributed by atoms with Crippen LogP contribution in [0.5, 0.6) is 0 Å². The summed E-state index contributed by atoms with van der Waals surface area (Å²) in [5.41, 5.74) is 1.56. The topological polar surface area (TPSA) is 66.5 Å². The zero-order valence-electron chi connectivity index (χ0n) is 14.1. The second-order valence-electron chi connectivity index (χ2n) is 6.24. The molecule has 1 aliphatic heterocycles. The van der Waals surface area contributed by atoms with Crippen LogP contribution in [0.1, 0.15) is 43.7 Å². The Morgan fingerprint density at radius 2 is 2.04 bits per heavy atom. The molecule has 0 radical (unpaired) electrons. The summed E-state index contributed by atoms with van der Waals surface area (Å²) < 4.78 is 27.4. The number of piperidine rings is 1. The van der Waals surface area contributed by atoms with Crippen LogP contribution in [-0.4, -0.2) is 38.4 Å². The van der Waals surface area contributed by atoms with Crippen molar-refractivity contribution in [3.05, 3.63) is 29.3 Å². The highest BCUT2D eigenvalue weighted by Gasteiger charge is 2.26. The molecule has 1 heterocycles. The molecule has 0 spiro atoms. The molecule has 1 amide bonds. The molecule has 1 N–H and O–H groups in total. The van der Waals surface area contributed by atoms with E-state index in [0.717, 1.165) is 37.8 Å². The molecule has 1 unspecified atom stereocenters. The largest absolute Gasteiger partial charge is 0.339 e. The number of benzene rings is 1. The lowest BCUT2D eigenvalue weighted by Crippen LogP contribution is -2.47. The molecule has 1 saturated heterocycles. The van der Waals surface area contributed by atoms with E-state index < -0.39 is 10.0 Å². The Bertz CT molecular complexity index is 670. The van der Waals surface area contributed by atoms with Crippen molar-refractivity contribution in [1.82, 2.24) is 9.62 Å². The van der Waals surface area contributed by atoms with Gasteiger partial charge in [-0.2, -0.15) is 0 Å². The fraction of sp³-hybridized carbons (Fsp3) is 0.588. The van der Waals surface area contributed by atoms with E-state index in [-0.39, 0.29) is 23.4 Å². The molecule has 128 valence electrons. The van der Waals surface area contributed by atoms with Crippen molar-refractivity contribution in [2.45, 2.75) is 57.4 Å². The SMILES string of the molecule is CCC1CCCCN1C(=O)CNS(=O)(=O)c1cc(C)ccc1C. The minimum absolute atomic E-state index is 0.134. The molecule has 6 heteroatoms. The van der Waals surface area contributed by atoms with Crippen molar-refractivity contribution in [2.75, 3.05) is 13.1 Å². The lowest BCUT2D eigenvalue weighted by Gasteiger charge is -2.35. The molecule has 0 aliphatic carbocycles. The number of hydrogen-bond acceptors (Lipinski definition) is 3. The summed E-state index contributed by atoms with van der Waals surface area (Å²) in [5, 5.41) is 0. The van der Waals surface area contributed by atoms with Gasteiger partial charge in [-0.05, 0) is 56.7 Å². The monoisotopic (exact) mass is 338 g/mol. The molecular formula is C17H26N2O3S. The van der Waals surface area contributed by atoms with Gasteiger partial charge in [0.2, 0.25) is 15.9 Å². The molecule has 1 aliphatic rings. The second kappa shape index (κ2) is 7.45. The Morgan fingerprint density at radius 3 is 2.74 bits per heavy atom. The zero-order chi connectivity index (χ0) is 17.0. The quantitative estimate of drug-likeness (QED) is 0.896. The lowest BCUT2D eigenvalue weighted by atomic mass is 10.00. The van der Waals surface area contributed by atoms with Crippen LogP contribution in [-0.2, 0) is 14.8 Å². The maximum atomic E-state index is 12.5. The Morgan fingerprint density at radius 1 is 1.30 bits per heavy atom. The normalized spacial score (nSPS) is 18.9. The minimum atomic E-state index is -3.67. The van der Waals surface area contributed by atoms with E-state index in [9.17, 15) is 13.2 Å². The van der Waals surface area contributed by atoms with Crippen LogP contribution in [0.2, 0.25) is 0 Å². The number of rotatable bonds is 5. The van der Waals surface area contributed by atoms with Crippen LogP contribution < -0.4 is 4.72 Å². The van der Waals surface area contributed by atoms with E-state index in [1.807, 2.05) is 17.9 Å². The van der Waals surface area contributed by atoms with Crippen molar-refractivity contribution < 1.29 is 13.2 Å². The Hall–Kier alpha value is -1.40. The highest BCUT2D eigenvalue weighted by molar-refractivity contribution is 7.89. The zero-order valence-corrected chi connectivity index (χ0v) is 14.9. The van der Waals surface area contributed by atoms with Crippen molar-refractivity contribution in [3.63, 3.8) is 0 Å². The average molecular weight is 338 g/mol. The fourth-order valence-electron chi connectivity index (χ4n) is 3.09. The van der Waals surface area contributed by atoms with Crippen LogP contribution in [0, 0.1) is 13.8 Å². The Balaban J connectivity index is 2.06. The number of aryl methyl sites for hydroxylation is 2. The molecule has 0 saturated carbocycles. The number of sulfonamides is 1. The molecular weight excluding hydrogens is 312 g/mol. The molecule has 0 bridgehead atoms. The van der Waals surface area contributed by atoms with E-state index in [4.69, 9.17) is 0 Å². The van der Waals surface area contributed by atoms with Gasteiger partial charge in [-0.3, -0.25) is 4.79 Å². The van der Waals surface area contributed by atoms with Gasteiger partial charge in [-0.1, -0.05) is 19.1 Å². The predicted octanol–water partition coefficient (Wildman–Crippen LogP) is 2.37. The van der Waals surface area contributed by atoms with E-state index in [1.54, 1.807) is 19.1 Å². The highest BCUT2D eigenvalue weighted by Crippen LogP contribution is 2.20. The second-order valence-corrected chi connectivity index (χ2v) is 7.97. The average Bonchev–Trinajstić information content (AvgIpc) is 2.54. The number of likely N-dealkylation sites (tertiary alicyclic amines) is 1. The van der Waals surface area contributed by atoms with E-state index >= 15 is 0 Å². The molecule has 1 fully saturated rings. The number of amides is 1. The minimum Gasteiger partial charge on any atom is -0.339 e. The van der Waals surface area contributed by atoms with Gasteiger partial charge in [-0.15, -0.1) is 0 Å². The van der Waals surface area contributed by atoms with Gasteiger partial charge in [0.15, 0.2) is 0 Å². The maximum Gasteiger partial charge on any atom is 0.241 e. The van der Waals surface area contributed by atoms with Crippen LogP contribution in [0.25, 0.3) is 0 Å². The van der Waals surface area contributed by atoms with Crippen molar-refractivity contribution in [2.24, 2.45) is 0 Å². The van der Waals surface area contributed by atoms with Gasteiger partial charge in [0.05, 0.1) is 11.4 Å². The third-order valence-electron chi connectivity index (χ3n) is 4.47. The van der Waals surface area contributed by atoms with Gasteiger partial charge in [-0.25, -0.2) is 13.1 Å². The Labute approximate surface area is 139 Å². The van der Waals surface area contributed by atoms with Crippen LogP contribution in [0.4, 0.5) is 0 Å². The lowest BCUT2D eigenvalue weighted by molar-refractivity contribution is -0.133. The number of carbonyl (C=O) groups is 1. The molecule has 1 aromatic rings. The van der Waals surface area contributed by atoms with Crippen LogP contribution in [0.3, 0.4) is 0 Å². The van der Waals surface area contributed by atoms with Crippen molar-refractivity contribution in [3.8, 4) is 0 Å². The van der Waals surface area contributed by atoms with Gasteiger partial charge < -0.3 is 4.90 Å². The first kappa shape index (κ1) is 17.9.